The number of hydrogen-bond donors (Lipinski definition) is 1. The van der Waals surface area contributed by atoms with Crippen LogP contribution in [0.4, 0.5) is 0 Å². The number of benzene rings is 1. The quantitative estimate of drug-likeness (QED) is 0.590. The highest BCUT2D eigenvalue weighted by atomic mass is 16.3. The molecule has 1 rings (SSSR count). The third kappa shape index (κ3) is 5.83. The molecule has 0 aliphatic heterocycles. The summed E-state index contributed by atoms with van der Waals surface area (Å²) < 4.78 is 0. The Labute approximate surface area is 103 Å². The minimum atomic E-state index is -0.0624. The van der Waals surface area contributed by atoms with Gasteiger partial charge in [0.25, 0.3) is 0 Å². The zero-order chi connectivity index (χ0) is 12.3. The number of allylic oxidation sites excluding steroid dienone is 4. The van der Waals surface area contributed by atoms with Crippen LogP contribution in [-0.4, -0.2) is 24.0 Å². The summed E-state index contributed by atoms with van der Waals surface area (Å²) in [5.74, 6) is 0. The van der Waals surface area contributed by atoms with Crippen molar-refractivity contribution >= 4 is 6.21 Å². The molecule has 0 fully saturated rings. The summed E-state index contributed by atoms with van der Waals surface area (Å²) in [5.41, 5.74) is 1.20. The van der Waals surface area contributed by atoms with Gasteiger partial charge in [-0.2, -0.15) is 0 Å². The Hall–Kier alpha value is -1.67. The van der Waals surface area contributed by atoms with Crippen LogP contribution in [0.3, 0.4) is 0 Å². The summed E-state index contributed by atoms with van der Waals surface area (Å²) in [6, 6.07) is 10.0. The van der Waals surface area contributed by atoms with Crippen LogP contribution in [0.15, 0.2) is 59.6 Å². The van der Waals surface area contributed by atoms with Crippen LogP contribution in [0.1, 0.15) is 12.5 Å². The van der Waals surface area contributed by atoms with E-state index in [9.17, 15) is 5.11 Å². The Morgan fingerprint density at radius 1 is 1.18 bits per heavy atom. The SMILES string of the molecule is C/C=C/C=C/C=N[C@H](CO)Cc1ccccc1. The molecule has 0 saturated heterocycles. The van der Waals surface area contributed by atoms with E-state index in [2.05, 4.69) is 4.99 Å². The maximum absolute atomic E-state index is 9.24. The number of aliphatic imine (C=N–C) groups is 1. The molecule has 2 heteroatoms. The highest BCUT2D eigenvalue weighted by Crippen LogP contribution is 2.05. The lowest BCUT2D eigenvalue weighted by Gasteiger charge is -2.08. The molecular weight excluding hydrogens is 210 g/mol. The number of nitrogens with zero attached hydrogens (tertiary/aromatic N) is 1. The monoisotopic (exact) mass is 229 g/mol. The molecule has 0 aliphatic carbocycles. The van der Waals surface area contributed by atoms with E-state index in [0.717, 1.165) is 6.42 Å². The highest BCUT2D eigenvalue weighted by molar-refractivity contribution is 5.71. The van der Waals surface area contributed by atoms with Crippen LogP contribution in [0.2, 0.25) is 0 Å². The highest BCUT2D eigenvalue weighted by Gasteiger charge is 2.04. The first-order valence-electron chi connectivity index (χ1n) is 5.82. The lowest BCUT2D eigenvalue weighted by Crippen LogP contribution is -2.13. The molecule has 0 amide bonds. The Kier molecular flexibility index (Phi) is 6.68. The van der Waals surface area contributed by atoms with Crippen molar-refractivity contribution in [3.05, 3.63) is 60.2 Å². The largest absolute Gasteiger partial charge is 0.394 e. The van der Waals surface area contributed by atoms with Gasteiger partial charge in [0.05, 0.1) is 12.6 Å². The Morgan fingerprint density at radius 3 is 2.59 bits per heavy atom. The van der Waals surface area contributed by atoms with E-state index in [4.69, 9.17) is 0 Å². The van der Waals surface area contributed by atoms with Gasteiger partial charge in [-0.15, -0.1) is 0 Å². The van der Waals surface area contributed by atoms with E-state index in [1.165, 1.54) is 5.56 Å². The smallest absolute Gasteiger partial charge is 0.0770 e. The fraction of sp³-hybridized carbons (Fsp3) is 0.267. The Morgan fingerprint density at radius 2 is 1.94 bits per heavy atom. The van der Waals surface area contributed by atoms with Crippen molar-refractivity contribution in [1.29, 1.82) is 0 Å². The van der Waals surface area contributed by atoms with Gasteiger partial charge in [0.15, 0.2) is 0 Å². The second-order valence-corrected chi connectivity index (χ2v) is 3.73. The molecule has 1 aromatic carbocycles. The molecule has 0 unspecified atom stereocenters. The zero-order valence-electron chi connectivity index (χ0n) is 10.2. The van der Waals surface area contributed by atoms with Crippen LogP contribution in [0, 0.1) is 0 Å². The lowest BCUT2D eigenvalue weighted by molar-refractivity contribution is 0.266. The average Bonchev–Trinajstić information content (AvgIpc) is 2.38. The second-order valence-electron chi connectivity index (χ2n) is 3.73. The number of rotatable bonds is 6. The van der Waals surface area contributed by atoms with Gasteiger partial charge in [-0.3, -0.25) is 4.99 Å². The van der Waals surface area contributed by atoms with Gasteiger partial charge in [0.2, 0.25) is 0 Å². The van der Waals surface area contributed by atoms with Crippen molar-refractivity contribution in [1.82, 2.24) is 0 Å². The molecule has 90 valence electrons. The van der Waals surface area contributed by atoms with Gasteiger partial charge in [-0.05, 0) is 25.0 Å². The maximum atomic E-state index is 9.24. The van der Waals surface area contributed by atoms with Gasteiger partial charge in [-0.25, -0.2) is 0 Å². The summed E-state index contributed by atoms with van der Waals surface area (Å²) in [6.45, 7) is 2.04. The van der Waals surface area contributed by atoms with E-state index < -0.39 is 0 Å². The van der Waals surface area contributed by atoms with Gasteiger partial charge in [0, 0.05) is 6.21 Å². The number of hydrogen-bond acceptors (Lipinski definition) is 2. The van der Waals surface area contributed by atoms with E-state index >= 15 is 0 Å². The van der Waals surface area contributed by atoms with Crippen LogP contribution in [0.25, 0.3) is 0 Å². The van der Waals surface area contributed by atoms with Gasteiger partial charge in [0.1, 0.15) is 0 Å². The molecule has 1 N–H and O–H groups in total. The predicted octanol–water partition coefficient (Wildman–Crippen LogP) is 2.79. The maximum Gasteiger partial charge on any atom is 0.0770 e. The van der Waals surface area contributed by atoms with E-state index in [1.54, 1.807) is 6.21 Å². The third-order valence-corrected chi connectivity index (χ3v) is 2.32. The van der Waals surface area contributed by atoms with Crippen LogP contribution >= 0.6 is 0 Å². The molecule has 17 heavy (non-hydrogen) atoms. The van der Waals surface area contributed by atoms with Gasteiger partial charge < -0.3 is 5.11 Å². The first kappa shape index (κ1) is 13.4. The van der Waals surface area contributed by atoms with Crippen molar-refractivity contribution in [2.45, 2.75) is 19.4 Å². The lowest BCUT2D eigenvalue weighted by atomic mass is 10.1. The minimum absolute atomic E-state index is 0.0624. The minimum Gasteiger partial charge on any atom is -0.394 e. The normalized spacial score (nSPS) is 14.0. The summed E-state index contributed by atoms with van der Waals surface area (Å²) in [5, 5.41) is 9.24. The molecule has 0 aliphatic rings. The molecule has 0 aromatic heterocycles. The van der Waals surface area contributed by atoms with Crippen molar-refractivity contribution in [3.8, 4) is 0 Å². The molecule has 0 bridgehead atoms. The molecule has 0 saturated carbocycles. The topological polar surface area (TPSA) is 32.6 Å². The van der Waals surface area contributed by atoms with Crippen LogP contribution < -0.4 is 0 Å². The molecular formula is C15H19NO. The summed E-state index contributed by atoms with van der Waals surface area (Å²) in [4.78, 5) is 4.31. The molecule has 2 nitrogen and oxygen atoms in total. The van der Waals surface area contributed by atoms with E-state index in [-0.39, 0.29) is 12.6 Å². The molecule has 0 spiro atoms. The van der Waals surface area contributed by atoms with Crippen LogP contribution in [-0.2, 0) is 6.42 Å². The van der Waals surface area contributed by atoms with E-state index in [1.807, 2.05) is 61.6 Å². The standard InChI is InChI=1S/C15H19NO/c1-2-3-4-8-11-16-15(13-17)12-14-9-6-5-7-10-14/h2-11,15,17H,12-13H2,1H3/b3-2+,8-4+,16-11?/t15-/m0/s1. The number of aliphatic hydroxyl groups excluding tert-OH is 1. The zero-order valence-corrected chi connectivity index (χ0v) is 10.2. The average molecular weight is 229 g/mol. The second kappa shape index (κ2) is 8.48. The summed E-state index contributed by atoms with van der Waals surface area (Å²) >= 11 is 0. The van der Waals surface area contributed by atoms with Crippen molar-refractivity contribution in [3.63, 3.8) is 0 Å². The molecule has 0 radical (unpaired) electrons. The summed E-state index contributed by atoms with van der Waals surface area (Å²) in [6.07, 6.45) is 10.2. The first-order valence-corrected chi connectivity index (χ1v) is 5.82. The van der Waals surface area contributed by atoms with Crippen LogP contribution in [0.5, 0.6) is 0 Å². The van der Waals surface area contributed by atoms with Gasteiger partial charge >= 0.3 is 0 Å². The third-order valence-electron chi connectivity index (χ3n) is 2.32. The molecule has 1 aromatic rings. The van der Waals surface area contributed by atoms with Gasteiger partial charge in [-0.1, -0.05) is 48.6 Å². The predicted molar refractivity (Wildman–Crippen MR) is 73.5 cm³/mol. The van der Waals surface area contributed by atoms with Crippen molar-refractivity contribution < 1.29 is 5.11 Å². The fourth-order valence-corrected chi connectivity index (χ4v) is 1.45. The Bertz CT molecular complexity index is 379. The summed E-state index contributed by atoms with van der Waals surface area (Å²) in [7, 11) is 0. The van der Waals surface area contributed by atoms with Crippen molar-refractivity contribution in [2.75, 3.05) is 6.61 Å². The number of aliphatic hydroxyl groups is 1. The Balaban J connectivity index is 2.49. The fourth-order valence-electron chi connectivity index (χ4n) is 1.45. The first-order chi connectivity index (χ1) is 8.36. The van der Waals surface area contributed by atoms with Crippen molar-refractivity contribution in [2.24, 2.45) is 4.99 Å². The molecule has 1 atom stereocenters. The van der Waals surface area contributed by atoms with E-state index in [0.29, 0.717) is 0 Å². The molecule has 0 heterocycles.